The van der Waals surface area contributed by atoms with E-state index in [1.165, 1.54) is 0 Å². The van der Waals surface area contributed by atoms with Crippen LogP contribution >= 0.6 is 31.9 Å². The molecule has 0 aliphatic rings. The van der Waals surface area contributed by atoms with Crippen molar-refractivity contribution in [1.29, 1.82) is 0 Å². The van der Waals surface area contributed by atoms with Crippen LogP contribution in [0.2, 0.25) is 0 Å². The molecule has 1 heterocycles. The van der Waals surface area contributed by atoms with Crippen LogP contribution in [0, 0.1) is 6.92 Å². The SMILES string of the molecule is Cc1ccc(-n2nnnc2-c2cccc(N)c2Br)c(Br)c1. The molecule has 1 aromatic heterocycles. The Bertz CT molecular complexity index is 813. The second-order valence-electron chi connectivity index (χ2n) is 4.58. The summed E-state index contributed by atoms with van der Waals surface area (Å²) in [7, 11) is 0. The van der Waals surface area contributed by atoms with Gasteiger partial charge in [0.15, 0.2) is 5.82 Å². The number of nitrogens with zero attached hydrogens (tertiary/aromatic N) is 4. The van der Waals surface area contributed by atoms with E-state index in [1.807, 2.05) is 43.3 Å². The molecule has 0 radical (unpaired) electrons. The smallest absolute Gasteiger partial charge is 0.188 e. The predicted molar refractivity (Wildman–Crippen MR) is 89.1 cm³/mol. The lowest BCUT2D eigenvalue weighted by Crippen LogP contribution is -2.02. The van der Waals surface area contributed by atoms with Crippen molar-refractivity contribution in [1.82, 2.24) is 20.2 Å². The molecule has 0 bridgehead atoms. The summed E-state index contributed by atoms with van der Waals surface area (Å²) >= 11 is 7.05. The van der Waals surface area contributed by atoms with E-state index in [0.29, 0.717) is 11.5 Å². The van der Waals surface area contributed by atoms with Gasteiger partial charge in [-0.05, 0) is 79.0 Å². The molecule has 0 aliphatic carbocycles. The van der Waals surface area contributed by atoms with Gasteiger partial charge in [0.2, 0.25) is 0 Å². The summed E-state index contributed by atoms with van der Waals surface area (Å²) in [6.45, 7) is 2.03. The fourth-order valence-corrected chi connectivity index (χ4v) is 3.13. The van der Waals surface area contributed by atoms with Gasteiger partial charge >= 0.3 is 0 Å². The molecule has 2 aromatic carbocycles. The normalized spacial score (nSPS) is 10.8. The second kappa shape index (κ2) is 5.57. The van der Waals surface area contributed by atoms with Crippen molar-refractivity contribution in [3.63, 3.8) is 0 Å². The number of nitrogen functional groups attached to an aromatic ring is 1. The van der Waals surface area contributed by atoms with Crippen LogP contribution in [-0.2, 0) is 0 Å². The molecule has 3 rings (SSSR count). The van der Waals surface area contributed by atoms with E-state index in [2.05, 4.69) is 47.4 Å². The molecule has 0 saturated carbocycles. The van der Waals surface area contributed by atoms with Gasteiger partial charge in [-0.25, -0.2) is 0 Å². The van der Waals surface area contributed by atoms with Crippen molar-refractivity contribution in [3.05, 3.63) is 50.9 Å². The summed E-state index contributed by atoms with van der Waals surface area (Å²) in [5.41, 5.74) is 9.44. The third kappa shape index (κ3) is 2.58. The van der Waals surface area contributed by atoms with E-state index in [1.54, 1.807) is 4.68 Å². The van der Waals surface area contributed by atoms with Crippen LogP contribution in [-0.4, -0.2) is 20.2 Å². The Morgan fingerprint density at radius 3 is 2.71 bits per heavy atom. The fraction of sp³-hybridized carbons (Fsp3) is 0.0714. The number of benzene rings is 2. The Kier molecular flexibility index (Phi) is 3.77. The Hall–Kier alpha value is -1.73. The van der Waals surface area contributed by atoms with Gasteiger partial charge in [-0.15, -0.1) is 5.10 Å². The van der Waals surface area contributed by atoms with Crippen LogP contribution in [0.5, 0.6) is 0 Å². The Morgan fingerprint density at radius 1 is 1.14 bits per heavy atom. The van der Waals surface area contributed by atoms with Crippen molar-refractivity contribution in [2.24, 2.45) is 0 Å². The highest BCUT2D eigenvalue weighted by molar-refractivity contribution is 9.11. The average Bonchev–Trinajstić information content (AvgIpc) is 2.91. The lowest BCUT2D eigenvalue weighted by atomic mass is 10.2. The van der Waals surface area contributed by atoms with Crippen molar-refractivity contribution in [2.75, 3.05) is 5.73 Å². The van der Waals surface area contributed by atoms with Gasteiger partial charge in [0, 0.05) is 15.7 Å². The lowest BCUT2D eigenvalue weighted by Gasteiger charge is -2.09. The summed E-state index contributed by atoms with van der Waals surface area (Å²) in [4.78, 5) is 0. The lowest BCUT2D eigenvalue weighted by molar-refractivity contribution is 0.788. The van der Waals surface area contributed by atoms with Crippen LogP contribution in [0.15, 0.2) is 45.3 Å². The molecular formula is C14H11Br2N5. The zero-order valence-electron chi connectivity index (χ0n) is 11.1. The summed E-state index contributed by atoms with van der Waals surface area (Å²) in [6.07, 6.45) is 0. The topological polar surface area (TPSA) is 69.6 Å². The van der Waals surface area contributed by atoms with E-state index in [-0.39, 0.29) is 0 Å². The molecule has 0 fully saturated rings. The number of anilines is 1. The molecular weight excluding hydrogens is 398 g/mol. The Balaban J connectivity index is 2.20. The van der Waals surface area contributed by atoms with Gasteiger partial charge in [-0.2, -0.15) is 4.68 Å². The zero-order chi connectivity index (χ0) is 15.0. The van der Waals surface area contributed by atoms with Crippen molar-refractivity contribution in [3.8, 4) is 17.1 Å². The first-order valence-corrected chi connectivity index (χ1v) is 7.76. The van der Waals surface area contributed by atoms with E-state index in [9.17, 15) is 0 Å². The van der Waals surface area contributed by atoms with Crippen LogP contribution < -0.4 is 5.73 Å². The largest absolute Gasteiger partial charge is 0.398 e. The number of hydrogen-bond donors (Lipinski definition) is 1. The van der Waals surface area contributed by atoms with Crippen LogP contribution in [0.4, 0.5) is 5.69 Å². The van der Waals surface area contributed by atoms with E-state index in [0.717, 1.165) is 25.8 Å². The minimum absolute atomic E-state index is 0.624. The van der Waals surface area contributed by atoms with Crippen LogP contribution in [0.3, 0.4) is 0 Å². The fourth-order valence-electron chi connectivity index (χ4n) is 2.02. The van der Waals surface area contributed by atoms with Gasteiger partial charge in [0.1, 0.15) is 0 Å². The first kappa shape index (κ1) is 14.2. The number of hydrogen-bond acceptors (Lipinski definition) is 4. The molecule has 0 atom stereocenters. The van der Waals surface area contributed by atoms with Gasteiger partial charge in [0.25, 0.3) is 0 Å². The van der Waals surface area contributed by atoms with Crippen LogP contribution in [0.1, 0.15) is 5.56 Å². The van der Waals surface area contributed by atoms with Crippen LogP contribution in [0.25, 0.3) is 17.1 Å². The maximum atomic E-state index is 5.93. The molecule has 21 heavy (non-hydrogen) atoms. The molecule has 7 heteroatoms. The molecule has 106 valence electrons. The molecule has 5 nitrogen and oxygen atoms in total. The number of halogens is 2. The summed E-state index contributed by atoms with van der Waals surface area (Å²) in [6, 6.07) is 11.6. The Labute approximate surface area is 138 Å². The van der Waals surface area contributed by atoms with E-state index >= 15 is 0 Å². The molecule has 0 amide bonds. The van der Waals surface area contributed by atoms with E-state index < -0.39 is 0 Å². The third-order valence-corrected chi connectivity index (χ3v) is 4.59. The number of tetrazole rings is 1. The molecule has 2 N–H and O–H groups in total. The van der Waals surface area contributed by atoms with Gasteiger partial charge in [-0.1, -0.05) is 12.1 Å². The number of nitrogens with two attached hydrogens (primary N) is 1. The zero-order valence-corrected chi connectivity index (χ0v) is 14.3. The maximum absolute atomic E-state index is 5.93. The first-order chi connectivity index (χ1) is 10.1. The standard InChI is InChI=1S/C14H11Br2N5/c1-8-5-6-12(10(15)7-8)21-14(18-19-20-21)9-3-2-4-11(17)13(9)16/h2-7H,17H2,1H3. The monoisotopic (exact) mass is 407 g/mol. The van der Waals surface area contributed by atoms with Crippen molar-refractivity contribution in [2.45, 2.75) is 6.92 Å². The molecule has 3 aromatic rings. The minimum atomic E-state index is 0.624. The number of rotatable bonds is 2. The molecule has 0 unspecified atom stereocenters. The highest BCUT2D eigenvalue weighted by Gasteiger charge is 2.16. The van der Waals surface area contributed by atoms with Gasteiger partial charge < -0.3 is 5.73 Å². The quantitative estimate of drug-likeness (QED) is 0.655. The predicted octanol–water partition coefficient (Wildman–Crippen LogP) is 3.74. The van der Waals surface area contributed by atoms with Gasteiger partial charge in [0.05, 0.1) is 10.2 Å². The average molecular weight is 409 g/mol. The maximum Gasteiger partial charge on any atom is 0.188 e. The number of aryl methyl sites for hydroxylation is 1. The Morgan fingerprint density at radius 2 is 1.95 bits per heavy atom. The number of aromatic nitrogens is 4. The first-order valence-electron chi connectivity index (χ1n) is 6.17. The molecule has 0 spiro atoms. The molecule has 0 saturated heterocycles. The summed E-state index contributed by atoms with van der Waals surface area (Å²) in [5, 5.41) is 12.0. The second-order valence-corrected chi connectivity index (χ2v) is 6.23. The summed E-state index contributed by atoms with van der Waals surface area (Å²) < 4.78 is 3.39. The molecule has 0 aliphatic heterocycles. The van der Waals surface area contributed by atoms with Crippen molar-refractivity contribution < 1.29 is 0 Å². The minimum Gasteiger partial charge on any atom is -0.398 e. The highest BCUT2D eigenvalue weighted by atomic mass is 79.9. The third-order valence-electron chi connectivity index (χ3n) is 3.07. The van der Waals surface area contributed by atoms with Crippen molar-refractivity contribution >= 4 is 37.5 Å². The highest BCUT2D eigenvalue weighted by Crippen LogP contribution is 2.33. The summed E-state index contributed by atoms with van der Waals surface area (Å²) in [5.74, 6) is 0.624. The van der Waals surface area contributed by atoms with Gasteiger partial charge in [-0.3, -0.25) is 0 Å². The van der Waals surface area contributed by atoms with E-state index in [4.69, 9.17) is 5.73 Å².